The quantitative estimate of drug-likeness (QED) is 0.864. The number of rotatable bonds is 1. The first-order valence-corrected chi connectivity index (χ1v) is 5.44. The molecule has 0 unspecified atom stereocenters. The van der Waals surface area contributed by atoms with Crippen LogP contribution in [0.2, 0.25) is 0 Å². The number of nitrogens with zero attached hydrogens (tertiary/aromatic N) is 1. The Balaban J connectivity index is 2.55. The van der Waals surface area contributed by atoms with Gasteiger partial charge >= 0.3 is 0 Å². The molecule has 2 nitrogen and oxygen atoms in total. The third kappa shape index (κ3) is 1.78. The molecule has 0 aliphatic heterocycles. The van der Waals surface area contributed by atoms with E-state index in [4.69, 9.17) is 5.11 Å². The predicted octanol–water partition coefficient (Wildman–Crippen LogP) is 3.42. The van der Waals surface area contributed by atoms with Gasteiger partial charge in [-0.05, 0) is 18.2 Å². The first kappa shape index (κ1) is 9.61. The molecule has 14 heavy (non-hydrogen) atoms. The summed E-state index contributed by atoms with van der Waals surface area (Å²) in [6.07, 6.45) is 0. The smallest absolute Gasteiger partial charge is 0.222 e. The molecule has 0 bridgehead atoms. The standard InChI is InChI=1S/C9H5BrFNOS/c10-5-1-2-7(11)6(3-5)9-12-8(13)4-14-9/h1-4,13H. The van der Waals surface area contributed by atoms with Crippen LogP contribution in [-0.4, -0.2) is 10.1 Å². The van der Waals surface area contributed by atoms with Gasteiger partial charge in [0.15, 0.2) is 0 Å². The number of aromatic nitrogens is 1. The molecule has 1 N–H and O–H groups in total. The van der Waals surface area contributed by atoms with Crippen molar-refractivity contribution in [3.63, 3.8) is 0 Å². The molecule has 2 aromatic rings. The van der Waals surface area contributed by atoms with Gasteiger partial charge in [0, 0.05) is 10.0 Å². The lowest BCUT2D eigenvalue weighted by Crippen LogP contribution is -1.82. The van der Waals surface area contributed by atoms with E-state index < -0.39 is 0 Å². The predicted molar refractivity (Wildman–Crippen MR) is 56.9 cm³/mol. The van der Waals surface area contributed by atoms with Crippen LogP contribution in [0.5, 0.6) is 5.88 Å². The van der Waals surface area contributed by atoms with Crippen LogP contribution in [0, 0.1) is 5.82 Å². The fourth-order valence-corrected chi connectivity index (χ4v) is 2.11. The zero-order valence-corrected chi connectivity index (χ0v) is 9.27. The zero-order chi connectivity index (χ0) is 10.1. The highest BCUT2D eigenvalue weighted by molar-refractivity contribution is 9.10. The van der Waals surface area contributed by atoms with Crippen LogP contribution in [0.15, 0.2) is 28.1 Å². The summed E-state index contributed by atoms with van der Waals surface area (Å²) in [5.41, 5.74) is 0.393. The molecule has 5 heteroatoms. The van der Waals surface area contributed by atoms with Crippen LogP contribution in [0.3, 0.4) is 0 Å². The zero-order valence-electron chi connectivity index (χ0n) is 6.87. The summed E-state index contributed by atoms with van der Waals surface area (Å²) < 4.78 is 14.1. The fraction of sp³-hybridized carbons (Fsp3) is 0. The summed E-state index contributed by atoms with van der Waals surface area (Å²) in [6, 6.07) is 4.61. The van der Waals surface area contributed by atoms with E-state index >= 15 is 0 Å². The van der Waals surface area contributed by atoms with Gasteiger partial charge in [0.25, 0.3) is 0 Å². The maximum absolute atomic E-state index is 13.3. The van der Waals surface area contributed by atoms with Gasteiger partial charge in [-0.2, -0.15) is 0 Å². The van der Waals surface area contributed by atoms with Gasteiger partial charge in [-0.1, -0.05) is 15.9 Å². The van der Waals surface area contributed by atoms with Gasteiger partial charge in [-0.3, -0.25) is 0 Å². The van der Waals surface area contributed by atoms with Crippen molar-refractivity contribution in [2.45, 2.75) is 0 Å². The van der Waals surface area contributed by atoms with Crippen molar-refractivity contribution >= 4 is 27.3 Å². The van der Waals surface area contributed by atoms with E-state index in [1.807, 2.05) is 0 Å². The third-order valence-corrected chi connectivity index (χ3v) is 3.01. The average molecular weight is 274 g/mol. The van der Waals surface area contributed by atoms with Crippen LogP contribution in [0.4, 0.5) is 4.39 Å². The largest absolute Gasteiger partial charge is 0.493 e. The summed E-state index contributed by atoms with van der Waals surface area (Å²) >= 11 is 4.45. The third-order valence-electron chi connectivity index (χ3n) is 1.65. The number of aromatic hydroxyl groups is 1. The highest BCUT2D eigenvalue weighted by Crippen LogP contribution is 2.30. The van der Waals surface area contributed by atoms with Crippen molar-refractivity contribution in [3.05, 3.63) is 33.9 Å². The Morgan fingerprint density at radius 2 is 2.21 bits per heavy atom. The molecule has 0 saturated heterocycles. The van der Waals surface area contributed by atoms with E-state index in [1.165, 1.54) is 22.8 Å². The van der Waals surface area contributed by atoms with E-state index in [2.05, 4.69) is 20.9 Å². The van der Waals surface area contributed by atoms with E-state index in [9.17, 15) is 4.39 Å². The summed E-state index contributed by atoms with van der Waals surface area (Å²) in [5, 5.41) is 11.0. The molecular weight excluding hydrogens is 269 g/mol. The number of halogens is 2. The van der Waals surface area contributed by atoms with E-state index in [0.29, 0.717) is 10.6 Å². The lowest BCUT2D eigenvalue weighted by molar-refractivity contribution is 0.458. The molecule has 0 atom stereocenters. The topological polar surface area (TPSA) is 33.1 Å². The average Bonchev–Trinajstić information content (AvgIpc) is 2.56. The lowest BCUT2D eigenvalue weighted by atomic mass is 10.2. The molecule has 0 fully saturated rings. The first-order valence-electron chi connectivity index (χ1n) is 3.77. The summed E-state index contributed by atoms with van der Waals surface area (Å²) in [7, 11) is 0. The number of thiazole rings is 1. The summed E-state index contributed by atoms with van der Waals surface area (Å²) in [6.45, 7) is 0. The molecular formula is C9H5BrFNOS. The van der Waals surface area contributed by atoms with Crippen molar-refractivity contribution in [2.24, 2.45) is 0 Å². The minimum Gasteiger partial charge on any atom is -0.493 e. The van der Waals surface area contributed by atoms with Gasteiger partial charge in [0.05, 0.1) is 5.38 Å². The molecule has 2 rings (SSSR count). The first-order chi connectivity index (χ1) is 6.66. The molecule has 0 aliphatic carbocycles. The maximum atomic E-state index is 13.3. The molecule has 1 heterocycles. The maximum Gasteiger partial charge on any atom is 0.222 e. The second-order valence-electron chi connectivity index (χ2n) is 2.64. The minimum absolute atomic E-state index is 0.0793. The van der Waals surface area contributed by atoms with Crippen LogP contribution in [-0.2, 0) is 0 Å². The van der Waals surface area contributed by atoms with Crippen molar-refractivity contribution < 1.29 is 9.50 Å². The molecule has 1 aromatic carbocycles. The normalized spacial score (nSPS) is 10.4. The van der Waals surface area contributed by atoms with Crippen LogP contribution in [0.1, 0.15) is 0 Å². The monoisotopic (exact) mass is 273 g/mol. The Morgan fingerprint density at radius 3 is 2.86 bits per heavy atom. The minimum atomic E-state index is -0.345. The van der Waals surface area contributed by atoms with Gasteiger partial charge in [0.2, 0.25) is 5.88 Å². The number of benzene rings is 1. The Kier molecular flexibility index (Phi) is 2.52. The van der Waals surface area contributed by atoms with Gasteiger partial charge in [-0.25, -0.2) is 9.37 Å². The molecule has 1 aromatic heterocycles. The number of hydrogen-bond donors (Lipinski definition) is 1. The molecule has 0 radical (unpaired) electrons. The van der Waals surface area contributed by atoms with Crippen LogP contribution in [0.25, 0.3) is 10.6 Å². The highest BCUT2D eigenvalue weighted by atomic mass is 79.9. The highest BCUT2D eigenvalue weighted by Gasteiger charge is 2.09. The van der Waals surface area contributed by atoms with Gasteiger partial charge < -0.3 is 5.11 Å². The van der Waals surface area contributed by atoms with Crippen molar-refractivity contribution in [2.75, 3.05) is 0 Å². The van der Waals surface area contributed by atoms with E-state index in [-0.39, 0.29) is 11.7 Å². The molecule has 72 valence electrons. The summed E-state index contributed by atoms with van der Waals surface area (Å²) in [4.78, 5) is 3.80. The van der Waals surface area contributed by atoms with Crippen molar-refractivity contribution in [1.29, 1.82) is 0 Å². The molecule has 0 saturated carbocycles. The van der Waals surface area contributed by atoms with E-state index in [0.717, 1.165) is 4.47 Å². The molecule has 0 aliphatic rings. The fourth-order valence-electron chi connectivity index (χ4n) is 1.05. The van der Waals surface area contributed by atoms with Crippen LogP contribution < -0.4 is 0 Å². The Hall–Kier alpha value is -0.940. The van der Waals surface area contributed by atoms with E-state index in [1.54, 1.807) is 12.1 Å². The van der Waals surface area contributed by atoms with Crippen molar-refractivity contribution in [3.8, 4) is 16.5 Å². The second-order valence-corrected chi connectivity index (χ2v) is 4.41. The van der Waals surface area contributed by atoms with Gasteiger partial charge in [-0.15, -0.1) is 11.3 Å². The Bertz CT molecular complexity index is 472. The second kappa shape index (κ2) is 3.67. The Labute approximate surface area is 92.2 Å². The van der Waals surface area contributed by atoms with Crippen molar-refractivity contribution in [1.82, 2.24) is 4.98 Å². The lowest BCUT2D eigenvalue weighted by Gasteiger charge is -1.98. The molecule has 0 amide bonds. The SMILES string of the molecule is Oc1csc(-c2cc(Br)ccc2F)n1. The Morgan fingerprint density at radius 1 is 1.43 bits per heavy atom. The molecule has 0 spiro atoms. The number of hydrogen-bond acceptors (Lipinski definition) is 3. The van der Waals surface area contributed by atoms with Gasteiger partial charge in [0.1, 0.15) is 10.8 Å². The summed E-state index contributed by atoms with van der Waals surface area (Å²) in [5.74, 6) is -0.424. The van der Waals surface area contributed by atoms with Crippen LogP contribution >= 0.6 is 27.3 Å².